The second kappa shape index (κ2) is 4.65. The fraction of sp³-hybridized carbons (Fsp3) is 0.556. The van der Waals surface area contributed by atoms with Crippen LogP contribution >= 0.6 is 12.2 Å². The summed E-state index contributed by atoms with van der Waals surface area (Å²) in [5.74, 6) is 0. The average molecular weight is 262 g/mol. The van der Waals surface area contributed by atoms with E-state index in [1.165, 1.54) is 12.3 Å². The van der Waals surface area contributed by atoms with Gasteiger partial charge in [0.05, 0.1) is 6.61 Å². The van der Waals surface area contributed by atoms with E-state index < -0.39 is 36.9 Å². The van der Waals surface area contributed by atoms with Crippen LogP contribution in [0, 0.1) is 4.64 Å². The third kappa shape index (κ3) is 2.16. The minimum absolute atomic E-state index is 0.231. The fourth-order valence-corrected chi connectivity index (χ4v) is 1.86. The van der Waals surface area contributed by atoms with Gasteiger partial charge in [0.1, 0.15) is 16.8 Å². The van der Waals surface area contributed by atoms with E-state index in [0.717, 1.165) is 4.57 Å². The SMILES string of the molecule is O=c1[nH]c(=S)ccn1[C@@H]1O[C@H](CO)[C@@H](F)[C@H]1O. The quantitative estimate of drug-likeness (QED) is 0.625. The van der Waals surface area contributed by atoms with Crippen molar-refractivity contribution < 1.29 is 19.3 Å². The summed E-state index contributed by atoms with van der Waals surface area (Å²) in [7, 11) is 0. The molecule has 0 aromatic carbocycles. The highest BCUT2D eigenvalue weighted by molar-refractivity contribution is 7.71. The van der Waals surface area contributed by atoms with Gasteiger partial charge in [0.25, 0.3) is 0 Å². The summed E-state index contributed by atoms with van der Waals surface area (Å²) in [5, 5.41) is 18.4. The van der Waals surface area contributed by atoms with E-state index in [1.54, 1.807) is 0 Å². The van der Waals surface area contributed by atoms with Crippen molar-refractivity contribution >= 4 is 12.2 Å². The van der Waals surface area contributed by atoms with E-state index in [0.29, 0.717) is 0 Å². The predicted octanol–water partition coefficient (Wildman–Crippen LogP) is -0.505. The molecule has 1 fully saturated rings. The molecule has 1 aromatic heterocycles. The summed E-state index contributed by atoms with van der Waals surface area (Å²) in [6.07, 6.45) is -4.23. The molecule has 0 radical (unpaired) electrons. The zero-order valence-electron chi connectivity index (χ0n) is 8.62. The summed E-state index contributed by atoms with van der Waals surface area (Å²) in [6.45, 7) is -0.563. The molecule has 1 aliphatic heterocycles. The number of halogens is 1. The number of H-pyrrole nitrogens is 1. The molecular formula is C9H11FN2O4S. The van der Waals surface area contributed by atoms with Crippen molar-refractivity contribution in [3.63, 3.8) is 0 Å². The van der Waals surface area contributed by atoms with Crippen LogP contribution in [0.4, 0.5) is 4.39 Å². The normalized spacial score (nSPS) is 32.9. The van der Waals surface area contributed by atoms with E-state index in [1.807, 2.05) is 0 Å². The van der Waals surface area contributed by atoms with Crippen molar-refractivity contribution in [2.45, 2.75) is 24.6 Å². The van der Waals surface area contributed by atoms with Gasteiger partial charge in [0.15, 0.2) is 12.4 Å². The molecule has 1 saturated heterocycles. The number of aromatic nitrogens is 2. The van der Waals surface area contributed by atoms with Crippen molar-refractivity contribution in [2.24, 2.45) is 0 Å². The summed E-state index contributed by atoms with van der Waals surface area (Å²) < 4.78 is 19.8. The van der Waals surface area contributed by atoms with Gasteiger partial charge in [0.2, 0.25) is 0 Å². The van der Waals surface area contributed by atoms with Gasteiger partial charge < -0.3 is 14.9 Å². The van der Waals surface area contributed by atoms with Crippen molar-refractivity contribution in [3.05, 3.63) is 27.4 Å². The van der Waals surface area contributed by atoms with Crippen LogP contribution in [0.5, 0.6) is 0 Å². The molecule has 4 atom stereocenters. The van der Waals surface area contributed by atoms with E-state index in [4.69, 9.17) is 22.1 Å². The monoisotopic (exact) mass is 262 g/mol. The molecule has 6 nitrogen and oxygen atoms in total. The molecule has 8 heteroatoms. The van der Waals surface area contributed by atoms with Crippen LogP contribution in [0.1, 0.15) is 6.23 Å². The molecule has 0 spiro atoms. The number of hydrogen-bond donors (Lipinski definition) is 3. The topological polar surface area (TPSA) is 87.5 Å². The number of aliphatic hydroxyl groups is 2. The maximum absolute atomic E-state index is 13.4. The Morgan fingerprint density at radius 2 is 2.35 bits per heavy atom. The van der Waals surface area contributed by atoms with E-state index >= 15 is 0 Å². The molecule has 1 aliphatic rings. The first-order valence-electron chi connectivity index (χ1n) is 4.94. The lowest BCUT2D eigenvalue weighted by atomic mass is 10.1. The Balaban J connectivity index is 2.35. The second-order valence-corrected chi connectivity index (χ2v) is 4.14. The number of alkyl halides is 1. The van der Waals surface area contributed by atoms with Gasteiger partial charge in [-0.1, -0.05) is 12.2 Å². The maximum Gasteiger partial charge on any atom is 0.328 e. The minimum Gasteiger partial charge on any atom is -0.394 e. The number of aliphatic hydroxyl groups excluding tert-OH is 2. The Labute approximate surface area is 100 Å². The fourth-order valence-electron chi connectivity index (χ4n) is 1.71. The lowest BCUT2D eigenvalue weighted by Crippen LogP contribution is -2.34. The maximum atomic E-state index is 13.4. The Bertz CT molecular complexity index is 516. The van der Waals surface area contributed by atoms with Crippen molar-refractivity contribution in [2.75, 3.05) is 6.61 Å². The number of hydrogen-bond acceptors (Lipinski definition) is 5. The van der Waals surface area contributed by atoms with Crippen LogP contribution in [0.3, 0.4) is 0 Å². The minimum atomic E-state index is -1.74. The summed E-state index contributed by atoms with van der Waals surface area (Å²) >= 11 is 4.75. The number of rotatable bonds is 2. The van der Waals surface area contributed by atoms with Crippen LogP contribution in [0.25, 0.3) is 0 Å². The Kier molecular flexibility index (Phi) is 3.38. The smallest absolute Gasteiger partial charge is 0.328 e. The molecule has 0 aliphatic carbocycles. The van der Waals surface area contributed by atoms with Gasteiger partial charge in [-0.05, 0) is 6.07 Å². The second-order valence-electron chi connectivity index (χ2n) is 3.70. The van der Waals surface area contributed by atoms with Crippen LogP contribution in [0.2, 0.25) is 0 Å². The molecule has 0 saturated carbocycles. The molecular weight excluding hydrogens is 251 g/mol. The predicted molar refractivity (Wildman–Crippen MR) is 57.8 cm³/mol. The highest BCUT2D eigenvalue weighted by Gasteiger charge is 2.45. The first kappa shape index (κ1) is 12.4. The van der Waals surface area contributed by atoms with Gasteiger partial charge in [-0.2, -0.15) is 0 Å². The number of aromatic amines is 1. The Hall–Kier alpha value is -1.09. The summed E-state index contributed by atoms with van der Waals surface area (Å²) in [4.78, 5) is 13.9. The highest BCUT2D eigenvalue weighted by Crippen LogP contribution is 2.29. The van der Waals surface area contributed by atoms with Crippen LogP contribution in [-0.4, -0.2) is 44.8 Å². The standard InChI is InChI=1S/C9H11FN2O4S/c10-6-4(3-13)16-8(7(6)14)12-2-1-5(17)11-9(12)15/h1-2,4,6-8,13-14H,3H2,(H,11,15,17)/t4-,6-,7-,8-/m1/s1. The van der Waals surface area contributed by atoms with Gasteiger partial charge >= 0.3 is 5.69 Å². The third-order valence-corrected chi connectivity index (χ3v) is 2.83. The summed E-state index contributed by atoms with van der Waals surface area (Å²) in [6, 6.07) is 1.42. The highest BCUT2D eigenvalue weighted by atomic mass is 32.1. The van der Waals surface area contributed by atoms with E-state index in [-0.39, 0.29) is 4.64 Å². The molecule has 0 unspecified atom stereocenters. The molecule has 3 N–H and O–H groups in total. The Morgan fingerprint density at radius 3 is 2.88 bits per heavy atom. The van der Waals surface area contributed by atoms with Crippen LogP contribution in [-0.2, 0) is 4.74 Å². The van der Waals surface area contributed by atoms with Crippen LogP contribution < -0.4 is 5.69 Å². The van der Waals surface area contributed by atoms with Gasteiger partial charge in [-0.15, -0.1) is 0 Å². The number of nitrogens with zero attached hydrogens (tertiary/aromatic N) is 1. The Morgan fingerprint density at radius 1 is 1.65 bits per heavy atom. The molecule has 2 heterocycles. The number of nitrogens with one attached hydrogen (secondary N) is 1. The van der Waals surface area contributed by atoms with E-state index in [2.05, 4.69) is 4.98 Å². The zero-order valence-corrected chi connectivity index (χ0v) is 9.43. The van der Waals surface area contributed by atoms with Crippen molar-refractivity contribution in [1.82, 2.24) is 9.55 Å². The summed E-state index contributed by atoms with van der Waals surface area (Å²) in [5.41, 5.74) is -0.604. The van der Waals surface area contributed by atoms with Gasteiger partial charge in [-0.3, -0.25) is 9.55 Å². The third-order valence-electron chi connectivity index (χ3n) is 2.59. The van der Waals surface area contributed by atoms with Crippen LogP contribution in [0.15, 0.2) is 17.1 Å². The largest absolute Gasteiger partial charge is 0.394 e. The first-order valence-corrected chi connectivity index (χ1v) is 5.35. The van der Waals surface area contributed by atoms with Gasteiger partial charge in [0, 0.05) is 6.20 Å². The lowest BCUT2D eigenvalue weighted by molar-refractivity contribution is -0.0537. The van der Waals surface area contributed by atoms with Crippen molar-refractivity contribution in [3.8, 4) is 0 Å². The molecule has 0 bridgehead atoms. The first-order chi connectivity index (χ1) is 8.04. The van der Waals surface area contributed by atoms with Crippen molar-refractivity contribution in [1.29, 1.82) is 0 Å². The van der Waals surface area contributed by atoms with Gasteiger partial charge in [-0.25, -0.2) is 9.18 Å². The molecule has 94 valence electrons. The lowest BCUT2D eigenvalue weighted by Gasteiger charge is -2.16. The average Bonchev–Trinajstić information content (AvgIpc) is 2.57. The molecule has 17 heavy (non-hydrogen) atoms. The molecule has 0 amide bonds. The molecule has 1 aromatic rings. The zero-order chi connectivity index (χ0) is 12.6. The molecule has 2 rings (SSSR count). The number of ether oxygens (including phenoxy) is 1. The van der Waals surface area contributed by atoms with E-state index in [9.17, 15) is 14.3 Å².